The first kappa shape index (κ1) is 53.3. The smallest absolute Gasteiger partial charge is 0.456 e. The molecule has 11 aromatic carbocycles. The number of furan rings is 2. The summed E-state index contributed by atoms with van der Waals surface area (Å²) in [5.41, 5.74) is 15.4. The second kappa shape index (κ2) is 25.4. The van der Waals surface area contributed by atoms with Crippen LogP contribution in [0.3, 0.4) is 0 Å². The minimum absolute atomic E-state index is 0.397. The van der Waals surface area contributed by atoms with Gasteiger partial charge in [-0.05, 0) is 126 Å². The standard InChI is InChI=1S/C25H18O.C21H21P.C13H11Br.C12H9BO3/c1-2-7-18(8-3-1)17-19-13-15-20(16-14-19)21-10-6-11-23-22-9-4-5-12-24(22)26-25(21)23;1-16-10-4-7-13-19(16)22(20-14-8-5-11-17(20)2)21-15-9-6-12-18(21)3;14-13-8-6-12(7-9-13)10-11-4-2-1-3-5-11;14-13(15)10-6-3-5-9-8-4-1-2-7-11(8)16-12(9)10/h1-16H,17H2;4-15H,1-3H3;1-9H,10H2;1-7,14-15H. The Balaban J connectivity index is 0.000000121. The fourth-order valence-corrected chi connectivity index (χ4v) is 12.9. The fourth-order valence-electron chi connectivity index (χ4n) is 9.85. The van der Waals surface area contributed by atoms with E-state index < -0.39 is 15.0 Å². The maximum atomic E-state index is 9.24. The van der Waals surface area contributed by atoms with E-state index in [9.17, 15) is 10.0 Å². The van der Waals surface area contributed by atoms with Gasteiger partial charge in [-0.15, -0.1) is 0 Å². The third kappa shape index (κ3) is 12.7. The SMILES string of the molecule is Brc1ccc(Cc2ccccc2)cc1.Cc1ccccc1P(c1ccccc1C)c1ccccc1C.OB(O)c1cccc2c1oc1ccccc12.c1ccc(Cc2ccc(-c3cccc4c3oc3ccccc34)cc2)cc1. The molecule has 0 radical (unpaired) electrons. The van der Waals surface area contributed by atoms with Crippen molar-refractivity contribution < 1.29 is 18.9 Å². The molecule has 0 saturated carbocycles. The van der Waals surface area contributed by atoms with Crippen molar-refractivity contribution in [1.29, 1.82) is 0 Å². The van der Waals surface area contributed by atoms with Crippen LogP contribution in [0.2, 0.25) is 0 Å². The molecule has 78 heavy (non-hydrogen) atoms. The summed E-state index contributed by atoms with van der Waals surface area (Å²) in [6.45, 7) is 6.67. The van der Waals surface area contributed by atoms with E-state index in [1.807, 2.05) is 48.5 Å². The van der Waals surface area contributed by atoms with Gasteiger partial charge in [-0.3, -0.25) is 0 Å². The van der Waals surface area contributed by atoms with E-state index in [4.69, 9.17) is 8.83 Å². The fraction of sp³-hybridized carbons (Fsp3) is 0.0704. The number of fused-ring (bicyclic) bond motifs is 6. The third-order valence-corrected chi connectivity index (χ3v) is 17.3. The summed E-state index contributed by atoms with van der Waals surface area (Å²) in [6, 6.07) is 92.4. The zero-order chi connectivity index (χ0) is 53.8. The second-order valence-electron chi connectivity index (χ2n) is 19.3. The molecular weight excluding hydrogens is 1040 g/mol. The average Bonchev–Trinajstić information content (AvgIpc) is 4.14. The van der Waals surface area contributed by atoms with Crippen LogP contribution in [0.25, 0.3) is 55.0 Å². The van der Waals surface area contributed by atoms with Crippen molar-refractivity contribution in [2.24, 2.45) is 0 Å². The van der Waals surface area contributed by atoms with Crippen LogP contribution < -0.4 is 21.4 Å². The summed E-state index contributed by atoms with van der Waals surface area (Å²) in [4.78, 5) is 0. The highest BCUT2D eigenvalue weighted by molar-refractivity contribution is 9.10. The predicted molar refractivity (Wildman–Crippen MR) is 335 cm³/mol. The summed E-state index contributed by atoms with van der Waals surface area (Å²) < 4.78 is 12.9. The quantitative estimate of drug-likeness (QED) is 0.112. The van der Waals surface area contributed by atoms with E-state index >= 15 is 0 Å². The monoisotopic (exact) mass is 1100 g/mol. The lowest BCUT2D eigenvalue weighted by molar-refractivity contribution is 0.425. The van der Waals surface area contributed by atoms with Gasteiger partial charge in [0.1, 0.15) is 22.3 Å². The van der Waals surface area contributed by atoms with Crippen LogP contribution in [-0.4, -0.2) is 17.2 Å². The summed E-state index contributed by atoms with van der Waals surface area (Å²) in [5.74, 6) is 0. The maximum absolute atomic E-state index is 9.24. The van der Waals surface area contributed by atoms with Crippen LogP contribution >= 0.6 is 23.9 Å². The average molecular weight is 1100 g/mol. The van der Waals surface area contributed by atoms with Crippen LogP contribution in [0.15, 0.2) is 280 Å². The summed E-state index contributed by atoms with van der Waals surface area (Å²) in [7, 11) is -2.02. The molecule has 0 amide bonds. The molecule has 2 heterocycles. The molecule has 13 aromatic rings. The van der Waals surface area contributed by atoms with Gasteiger partial charge in [0.05, 0.1) is 0 Å². The van der Waals surface area contributed by atoms with Gasteiger partial charge in [0.25, 0.3) is 0 Å². The predicted octanol–water partition coefficient (Wildman–Crippen LogP) is 16.5. The molecule has 0 spiro atoms. The molecule has 0 atom stereocenters. The Morgan fingerprint density at radius 2 is 0.731 bits per heavy atom. The molecule has 382 valence electrons. The van der Waals surface area contributed by atoms with Crippen molar-refractivity contribution in [3.05, 3.63) is 310 Å². The number of hydrogen-bond donors (Lipinski definition) is 2. The van der Waals surface area contributed by atoms with E-state index in [-0.39, 0.29) is 0 Å². The molecule has 4 nitrogen and oxygen atoms in total. The minimum Gasteiger partial charge on any atom is -0.456 e. The molecule has 0 aliphatic rings. The number of aryl methyl sites for hydroxylation is 3. The molecule has 7 heteroatoms. The summed E-state index contributed by atoms with van der Waals surface area (Å²) in [5, 5.41) is 27.1. The number of halogens is 1. The Hall–Kier alpha value is -8.09. The van der Waals surface area contributed by atoms with Gasteiger partial charge in [0.15, 0.2) is 0 Å². The Kier molecular flexibility index (Phi) is 17.3. The van der Waals surface area contributed by atoms with E-state index in [1.54, 1.807) is 12.1 Å². The van der Waals surface area contributed by atoms with Gasteiger partial charge in [-0.1, -0.05) is 259 Å². The molecule has 0 bridgehead atoms. The summed E-state index contributed by atoms with van der Waals surface area (Å²) >= 11 is 3.43. The van der Waals surface area contributed by atoms with Crippen LogP contribution in [0, 0.1) is 20.8 Å². The van der Waals surface area contributed by atoms with Gasteiger partial charge in [0, 0.05) is 37.0 Å². The van der Waals surface area contributed by atoms with Crippen molar-refractivity contribution in [3.8, 4) is 11.1 Å². The normalized spacial score (nSPS) is 10.9. The number of hydrogen-bond acceptors (Lipinski definition) is 4. The molecule has 2 N–H and O–H groups in total. The molecule has 0 unspecified atom stereocenters. The Morgan fingerprint density at radius 1 is 0.359 bits per heavy atom. The Labute approximate surface area is 467 Å². The Morgan fingerprint density at radius 3 is 1.21 bits per heavy atom. The third-order valence-electron chi connectivity index (χ3n) is 13.9. The van der Waals surface area contributed by atoms with Crippen LogP contribution in [-0.2, 0) is 12.8 Å². The first-order chi connectivity index (χ1) is 38.2. The zero-order valence-corrected chi connectivity index (χ0v) is 46.4. The molecule has 0 fully saturated rings. The lowest BCUT2D eigenvalue weighted by Gasteiger charge is -2.24. The van der Waals surface area contributed by atoms with E-state index in [1.165, 1.54) is 71.2 Å². The van der Waals surface area contributed by atoms with Crippen LogP contribution in [0.1, 0.15) is 38.9 Å². The number of para-hydroxylation sites is 4. The van der Waals surface area contributed by atoms with E-state index in [2.05, 4.69) is 243 Å². The van der Waals surface area contributed by atoms with Crippen LogP contribution in [0.4, 0.5) is 0 Å². The zero-order valence-electron chi connectivity index (χ0n) is 43.9. The maximum Gasteiger partial charge on any atom is 0.492 e. The van der Waals surface area contributed by atoms with Gasteiger partial charge in [0.2, 0.25) is 0 Å². The second-order valence-corrected chi connectivity index (χ2v) is 22.4. The molecule has 2 aromatic heterocycles. The van der Waals surface area contributed by atoms with Crippen LogP contribution in [0.5, 0.6) is 0 Å². The molecule has 13 rings (SSSR count). The summed E-state index contributed by atoms with van der Waals surface area (Å²) in [6.07, 6.45) is 1.96. The lowest BCUT2D eigenvalue weighted by Crippen LogP contribution is -2.29. The number of benzene rings is 11. The molecule has 0 aliphatic heterocycles. The first-order valence-electron chi connectivity index (χ1n) is 26.2. The van der Waals surface area contributed by atoms with Gasteiger partial charge in [-0.2, -0.15) is 0 Å². The highest BCUT2D eigenvalue weighted by Crippen LogP contribution is 2.38. The highest BCUT2D eigenvalue weighted by atomic mass is 79.9. The minimum atomic E-state index is -1.51. The first-order valence-corrected chi connectivity index (χ1v) is 28.4. The molecule has 0 aliphatic carbocycles. The Bertz CT molecular complexity index is 3950. The van der Waals surface area contributed by atoms with Crippen molar-refractivity contribution in [3.63, 3.8) is 0 Å². The van der Waals surface area contributed by atoms with E-state index in [0.717, 1.165) is 50.4 Å². The highest BCUT2D eigenvalue weighted by Gasteiger charge is 2.22. The van der Waals surface area contributed by atoms with Gasteiger partial charge >= 0.3 is 7.12 Å². The molecular formula is C71H59BBrO4P. The largest absolute Gasteiger partial charge is 0.492 e. The van der Waals surface area contributed by atoms with Crippen molar-refractivity contribution in [2.75, 3.05) is 0 Å². The molecule has 0 saturated heterocycles. The van der Waals surface area contributed by atoms with Gasteiger partial charge < -0.3 is 18.9 Å². The number of rotatable bonds is 9. The van der Waals surface area contributed by atoms with E-state index in [0.29, 0.717) is 11.0 Å². The van der Waals surface area contributed by atoms with Gasteiger partial charge in [-0.25, -0.2) is 0 Å². The lowest BCUT2D eigenvalue weighted by atomic mass is 9.79. The topological polar surface area (TPSA) is 66.7 Å². The van der Waals surface area contributed by atoms with Crippen molar-refractivity contribution in [2.45, 2.75) is 33.6 Å². The van der Waals surface area contributed by atoms with Crippen molar-refractivity contribution in [1.82, 2.24) is 0 Å². The van der Waals surface area contributed by atoms with Crippen molar-refractivity contribution >= 4 is 96.2 Å².